The van der Waals surface area contributed by atoms with E-state index in [2.05, 4.69) is 29.4 Å². The highest BCUT2D eigenvalue weighted by Crippen LogP contribution is 2.44. The van der Waals surface area contributed by atoms with Gasteiger partial charge in [0.1, 0.15) is 5.60 Å². The van der Waals surface area contributed by atoms with E-state index in [1.165, 1.54) is 0 Å². The monoisotopic (exact) mass is 675 g/mol. The Morgan fingerprint density at radius 3 is 2.27 bits per heavy atom. The molecule has 1 amide bonds. The van der Waals surface area contributed by atoms with Crippen molar-refractivity contribution in [2.75, 3.05) is 37.0 Å². The molecule has 0 aromatic heterocycles. The van der Waals surface area contributed by atoms with E-state index < -0.39 is 5.60 Å². The van der Waals surface area contributed by atoms with Crippen LogP contribution in [-0.2, 0) is 20.7 Å². The van der Waals surface area contributed by atoms with Crippen LogP contribution in [0.25, 0.3) is 0 Å². The molecule has 2 aliphatic rings. The van der Waals surface area contributed by atoms with E-state index >= 15 is 0 Å². The number of hydrogen-bond donors (Lipinski definition) is 1. The Hall–Kier alpha value is -3.75. The molecule has 8 nitrogen and oxygen atoms in total. The van der Waals surface area contributed by atoms with E-state index in [1.807, 2.05) is 88.0 Å². The van der Waals surface area contributed by atoms with E-state index in [0.717, 1.165) is 60.3 Å². The third-order valence-corrected chi connectivity index (χ3v) is 9.29. The molecule has 1 aliphatic carbocycles. The zero-order chi connectivity index (χ0) is 34.6. The van der Waals surface area contributed by atoms with Crippen LogP contribution in [0.1, 0.15) is 83.0 Å². The van der Waals surface area contributed by atoms with Crippen molar-refractivity contribution < 1.29 is 23.8 Å². The first-order chi connectivity index (χ1) is 22.8. The number of hydrogen-bond acceptors (Lipinski definition) is 7. The van der Waals surface area contributed by atoms with Crippen molar-refractivity contribution in [3.8, 4) is 11.5 Å². The molecule has 1 heterocycles. The minimum Gasteiger partial charge on any atom is -0.493 e. The molecule has 0 radical (unpaired) electrons. The summed E-state index contributed by atoms with van der Waals surface area (Å²) in [5.41, 5.74) is 4.37. The van der Waals surface area contributed by atoms with Gasteiger partial charge in [0.25, 0.3) is 0 Å². The minimum absolute atomic E-state index is 0.0140. The highest BCUT2D eigenvalue weighted by Gasteiger charge is 2.36. The van der Waals surface area contributed by atoms with Gasteiger partial charge in [-0.1, -0.05) is 23.7 Å². The number of amides is 1. The number of rotatable bonds is 11. The molecule has 1 saturated carbocycles. The van der Waals surface area contributed by atoms with Gasteiger partial charge in [-0.05, 0) is 131 Å². The topological polar surface area (TPSA) is 80.3 Å². The lowest BCUT2D eigenvalue weighted by molar-refractivity contribution is -0.153. The molecule has 1 N–H and O–H groups in total. The summed E-state index contributed by atoms with van der Waals surface area (Å²) < 4.78 is 17.2. The lowest BCUT2D eigenvalue weighted by Gasteiger charge is -2.38. The van der Waals surface area contributed by atoms with Crippen molar-refractivity contribution in [2.24, 2.45) is 5.92 Å². The number of nitrogens with zero attached hydrogens (tertiary/aromatic N) is 2. The van der Waals surface area contributed by atoms with Crippen molar-refractivity contribution in [1.82, 2.24) is 5.32 Å². The van der Waals surface area contributed by atoms with Gasteiger partial charge >= 0.3 is 5.97 Å². The maximum absolute atomic E-state index is 13.9. The van der Waals surface area contributed by atoms with Gasteiger partial charge in [-0.15, -0.1) is 0 Å². The normalized spacial score (nSPS) is 19.6. The molecule has 5 rings (SSSR count). The van der Waals surface area contributed by atoms with E-state index in [-0.39, 0.29) is 37.0 Å². The Morgan fingerprint density at radius 2 is 1.67 bits per heavy atom. The minimum atomic E-state index is -0.465. The first-order valence-electron chi connectivity index (χ1n) is 17.0. The SMILES string of the molecule is COc1cc2c(cc1OC(C)C)[C@H](c1ccc(Cl)cc1)N(c1ccc(N(C)CC3CCC(NCC(=O)OC(C)(C)C)CC3)cc1)C(=O)C2. The van der Waals surface area contributed by atoms with E-state index in [1.54, 1.807) is 7.11 Å². The Labute approximate surface area is 290 Å². The summed E-state index contributed by atoms with van der Waals surface area (Å²) in [5.74, 6) is 1.66. The van der Waals surface area contributed by atoms with Crippen molar-refractivity contribution in [1.29, 1.82) is 0 Å². The second-order valence-electron chi connectivity index (χ2n) is 14.3. The Morgan fingerprint density at radius 1 is 1.00 bits per heavy atom. The molecule has 258 valence electrons. The number of carbonyl (C=O) groups excluding carboxylic acids is 2. The van der Waals surface area contributed by atoms with E-state index in [4.69, 9.17) is 25.8 Å². The third kappa shape index (κ3) is 8.83. The number of methoxy groups -OCH3 is 1. The number of benzene rings is 3. The highest BCUT2D eigenvalue weighted by atomic mass is 35.5. The molecule has 0 unspecified atom stereocenters. The molecular formula is C39H50ClN3O5. The van der Waals surface area contributed by atoms with Crippen LogP contribution < -0.4 is 24.6 Å². The fraction of sp³-hybridized carbons (Fsp3) is 0.487. The molecule has 1 atom stereocenters. The van der Waals surface area contributed by atoms with Gasteiger partial charge in [-0.25, -0.2) is 0 Å². The number of esters is 1. The lowest BCUT2D eigenvalue weighted by atomic mass is 9.85. The quantitative estimate of drug-likeness (QED) is 0.208. The average Bonchev–Trinajstić information content (AvgIpc) is 3.03. The molecule has 9 heteroatoms. The fourth-order valence-electron chi connectivity index (χ4n) is 6.84. The van der Waals surface area contributed by atoms with Gasteiger partial charge in [-0.2, -0.15) is 0 Å². The molecule has 48 heavy (non-hydrogen) atoms. The van der Waals surface area contributed by atoms with Gasteiger partial charge in [0.2, 0.25) is 5.91 Å². The fourth-order valence-corrected chi connectivity index (χ4v) is 6.97. The standard InChI is InChI=1S/C39H50ClN3O5/c1-25(2)47-35-22-33-28(20-34(35)46-7)21-36(44)43(38(33)27-10-12-29(40)13-11-27)32-18-16-31(17-19-32)42(6)24-26-8-14-30(15-9-26)41-23-37(45)48-39(3,4)5/h10-13,16-20,22,25-26,30,38,41H,8-9,14-15,21,23-24H2,1-7H3/t26?,30?,38-/m0/s1. The van der Waals surface area contributed by atoms with Crippen LogP contribution in [0.2, 0.25) is 5.02 Å². The summed E-state index contributed by atoms with van der Waals surface area (Å²) in [5, 5.41) is 4.03. The molecule has 0 saturated heterocycles. The maximum Gasteiger partial charge on any atom is 0.320 e. The number of carbonyl (C=O) groups is 2. The van der Waals surface area contributed by atoms with Crippen molar-refractivity contribution >= 4 is 34.9 Å². The Bertz CT molecular complexity index is 1560. The summed E-state index contributed by atoms with van der Waals surface area (Å²) in [6.07, 6.45) is 4.52. The average molecular weight is 676 g/mol. The van der Waals surface area contributed by atoms with E-state index in [0.29, 0.717) is 28.5 Å². The molecular weight excluding hydrogens is 626 g/mol. The zero-order valence-corrected chi connectivity index (χ0v) is 30.1. The smallest absolute Gasteiger partial charge is 0.320 e. The summed E-state index contributed by atoms with van der Waals surface area (Å²) in [4.78, 5) is 30.2. The number of halogens is 1. The summed E-state index contributed by atoms with van der Waals surface area (Å²) in [7, 11) is 3.75. The van der Waals surface area contributed by atoms with Crippen LogP contribution >= 0.6 is 11.6 Å². The third-order valence-electron chi connectivity index (χ3n) is 9.04. The van der Waals surface area contributed by atoms with E-state index in [9.17, 15) is 9.59 Å². The molecule has 3 aromatic rings. The predicted octanol–water partition coefficient (Wildman–Crippen LogP) is 7.74. The maximum atomic E-state index is 13.9. The van der Waals surface area contributed by atoms with Crippen LogP contribution in [0.15, 0.2) is 60.7 Å². The van der Waals surface area contributed by atoms with Gasteiger partial charge in [0.05, 0.1) is 32.2 Å². The zero-order valence-electron chi connectivity index (χ0n) is 29.3. The second kappa shape index (κ2) is 15.2. The summed E-state index contributed by atoms with van der Waals surface area (Å²) in [6, 6.07) is 19.9. The summed E-state index contributed by atoms with van der Waals surface area (Å²) in [6.45, 7) is 10.8. The molecule has 3 aromatic carbocycles. The number of nitrogens with one attached hydrogen (secondary N) is 1. The molecule has 0 bridgehead atoms. The van der Waals surface area contributed by atoms with Crippen molar-refractivity contribution in [2.45, 2.75) is 90.5 Å². The molecule has 1 fully saturated rings. The van der Waals surface area contributed by atoms with Gasteiger partial charge in [0, 0.05) is 36.0 Å². The largest absolute Gasteiger partial charge is 0.493 e. The summed E-state index contributed by atoms with van der Waals surface area (Å²) >= 11 is 6.28. The van der Waals surface area contributed by atoms with Crippen LogP contribution in [0.5, 0.6) is 11.5 Å². The van der Waals surface area contributed by atoms with Crippen LogP contribution in [0.4, 0.5) is 11.4 Å². The second-order valence-corrected chi connectivity index (χ2v) is 14.8. The first kappa shape index (κ1) is 35.6. The molecule has 0 spiro atoms. The van der Waals surface area contributed by atoms with Crippen LogP contribution in [-0.4, -0.2) is 56.9 Å². The predicted molar refractivity (Wildman–Crippen MR) is 193 cm³/mol. The number of anilines is 2. The Balaban J connectivity index is 1.30. The molecule has 1 aliphatic heterocycles. The van der Waals surface area contributed by atoms with Gasteiger partial charge in [-0.3, -0.25) is 9.59 Å². The number of ether oxygens (including phenoxy) is 3. The first-order valence-corrected chi connectivity index (χ1v) is 17.4. The van der Waals surface area contributed by atoms with Gasteiger partial charge in [0.15, 0.2) is 11.5 Å². The number of fused-ring (bicyclic) bond motifs is 1. The van der Waals surface area contributed by atoms with Crippen molar-refractivity contribution in [3.63, 3.8) is 0 Å². The van der Waals surface area contributed by atoms with Gasteiger partial charge < -0.3 is 29.3 Å². The van der Waals surface area contributed by atoms with Crippen LogP contribution in [0, 0.1) is 5.92 Å². The van der Waals surface area contributed by atoms with Crippen LogP contribution in [0.3, 0.4) is 0 Å². The lowest BCUT2D eigenvalue weighted by Crippen LogP contribution is -2.41. The highest BCUT2D eigenvalue weighted by molar-refractivity contribution is 6.30. The Kier molecular flexibility index (Phi) is 11.3. The van der Waals surface area contributed by atoms with Crippen molar-refractivity contribution in [3.05, 3.63) is 82.4 Å².